The van der Waals surface area contributed by atoms with E-state index in [4.69, 9.17) is 4.98 Å². The highest BCUT2D eigenvalue weighted by atomic mass is 16.6. The summed E-state index contributed by atoms with van der Waals surface area (Å²) in [4.78, 5) is 19.8. The summed E-state index contributed by atoms with van der Waals surface area (Å²) in [6.07, 6.45) is 3.64. The van der Waals surface area contributed by atoms with Crippen LogP contribution in [0.4, 0.5) is 11.5 Å². The molecule has 0 aliphatic carbocycles. The quantitative estimate of drug-likeness (QED) is 0.294. The first-order chi connectivity index (χ1) is 13.1. The Hall–Kier alpha value is -3.80. The number of aryl methyl sites for hydroxylation is 1. The minimum absolute atomic E-state index is 0.0578. The second kappa shape index (κ2) is 6.84. The molecule has 0 unspecified atom stereocenters. The van der Waals surface area contributed by atoms with Gasteiger partial charge in [0.2, 0.25) is 0 Å². The van der Waals surface area contributed by atoms with Crippen LogP contribution in [0.25, 0.3) is 16.9 Å². The number of hydrogen-bond acceptors (Lipinski definition) is 4. The summed E-state index contributed by atoms with van der Waals surface area (Å²) in [5.41, 5.74) is 4.56. The van der Waals surface area contributed by atoms with Gasteiger partial charge in [0.25, 0.3) is 5.69 Å². The van der Waals surface area contributed by atoms with E-state index in [0.29, 0.717) is 0 Å². The summed E-state index contributed by atoms with van der Waals surface area (Å²) < 4.78 is 1.94. The Balaban J connectivity index is 1.80. The van der Waals surface area contributed by atoms with Crippen LogP contribution in [0.5, 0.6) is 0 Å². The summed E-state index contributed by atoms with van der Waals surface area (Å²) >= 11 is 0. The predicted octanol–water partition coefficient (Wildman–Crippen LogP) is 4.97. The molecule has 0 fully saturated rings. The summed E-state index contributed by atoms with van der Waals surface area (Å²) in [5, 5.41) is 10.8. The number of non-ortho nitro benzene ring substituents is 1. The average molecular weight is 356 g/mol. The van der Waals surface area contributed by atoms with Gasteiger partial charge >= 0.3 is 0 Å². The maximum Gasteiger partial charge on any atom is 0.269 e. The van der Waals surface area contributed by atoms with Crippen molar-refractivity contribution >= 4 is 23.4 Å². The third-order valence-corrected chi connectivity index (χ3v) is 4.24. The van der Waals surface area contributed by atoms with Crippen LogP contribution < -0.4 is 0 Å². The Kier molecular flexibility index (Phi) is 4.22. The normalized spacial score (nSPS) is 11.3. The molecule has 0 saturated carbocycles. The Morgan fingerprint density at radius 3 is 2.52 bits per heavy atom. The van der Waals surface area contributed by atoms with Gasteiger partial charge in [-0.1, -0.05) is 30.3 Å². The Labute approximate surface area is 155 Å². The fourth-order valence-electron chi connectivity index (χ4n) is 2.86. The second-order valence-corrected chi connectivity index (χ2v) is 6.19. The molecule has 4 aromatic rings. The van der Waals surface area contributed by atoms with E-state index in [0.717, 1.165) is 33.8 Å². The van der Waals surface area contributed by atoms with Crippen LogP contribution in [0.3, 0.4) is 0 Å². The lowest BCUT2D eigenvalue weighted by molar-refractivity contribution is -0.384. The highest BCUT2D eigenvalue weighted by molar-refractivity contribution is 5.85. The third kappa shape index (κ3) is 3.32. The van der Waals surface area contributed by atoms with Crippen molar-refractivity contribution in [1.29, 1.82) is 0 Å². The minimum Gasteiger partial charge on any atom is -0.284 e. The van der Waals surface area contributed by atoms with Crippen molar-refractivity contribution < 1.29 is 4.92 Å². The summed E-state index contributed by atoms with van der Waals surface area (Å²) in [7, 11) is 0. The Morgan fingerprint density at radius 1 is 1.07 bits per heavy atom. The second-order valence-electron chi connectivity index (χ2n) is 6.19. The molecule has 4 rings (SSSR count). The molecule has 0 saturated heterocycles. The molecule has 0 radical (unpaired) electrons. The average Bonchev–Trinajstić information content (AvgIpc) is 3.05. The smallest absolute Gasteiger partial charge is 0.269 e. The maximum absolute atomic E-state index is 10.8. The number of nitro benzene ring substituents is 1. The molecule has 0 spiro atoms. The SMILES string of the molecule is Cc1ccn2c(N=Cc3ccc([N+](=O)[O-])cc3)c(-c3ccccc3)nc2c1. The van der Waals surface area contributed by atoms with Crippen LogP contribution in [0.15, 0.2) is 77.9 Å². The molecule has 0 N–H and O–H groups in total. The van der Waals surface area contributed by atoms with Gasteiger partial charge in [0.15, 0.2) is 5.82 Å². The van der Waals surface area contributed by atoms with Crippen molar-refractivity contribution in [2.75, 3.05) is 0 Å². The number of aliphatic imine (C=N–C) groups is 1. The van der Waals surface area contributed by atoms with E-state index in [1.165, 1.54) is 12.1 Å². The number of hydrogen-bond donors (Lipinski definition) is 0. The lowest BCUT2D eigenvalue weighted by Gasteiger charge is -2.01. The van der Waals surface area contributed by atoms with Crippen molar-refractivity contribution in [1.82, 2.24) is 9.38 Å². The Morgan fingerprint density at radius 2 is 1.81 bits per heavy atom. The van der Waals surface area contributed by atoms with E-state index < -0.39 is 4.92 Å². The number of fused-ring (bicyclic) bond motifs is 1. The van der Waals surface area contributed by atoms with Gasteiger partial charge in [-0.3, -0.25) is 14.5 Å². The van der Waals surface area contributed by atoms with E-state index in [2.05, 4.69) is 4.99 Å². The number of imidazole rings is 1. The highest BCUT2D eigenvalue weighted by Crippen LogP contribution is 2.31. The fourth-order valence-corrected chi connectivity index (χ4v) is 2.86. The van der Waals surface area contributed by atoms with Crippen LogP contribution in [0.1, 0.15) is 11.1 Å². The van der Waals surface area contributed by atoms with Crippen molar-refractivity contribution in [3.05, 3.63) is 94.2 Å². The van der Waals surface area contributed by atoms with Crippen molar-refractivity contribution in [2.24, 2.45) is 4.99 Å². The van der Waals surface area contributed by atoms with Gasteiger partial charge in [0.05, 0.1) is 4.92 Å². The van der Waals surface area contributed by atoms with Crippen LogP contribution in [-0.2, 0) is 0 Å². The molecule has 6 nitrogen and oxygen atoms in total. The molecule has 6 heteroatoms. The number of nitro groups is 1. The first kappa shape index (κ1) is 16.7. The number of benzene rings is 2. The Bertz CT molecular complexity index is 1150. The molecule has 0 amide bonds. The van der Waals surface area contributed by atoms with Gasteiger partial charge in [-0.2, -0.15) is 0 Å². The molecule has 0 aliphatic rings. The molecule has 132 valence electrons. The summed E-state index contributed by atoms with van der Waals surface area (Å²) in [6, 6.07) is 20.2. The molecule has 0 aliphatic heterocycles. The van der Waals surface area contributed by atoms with Gasteiger partial charge in [0.1, 0.15) is 11.3 Å². The van der Waals surface area contributed by atoms with Gasteiger partial charge in [-0.15, -0.1) is 0 Å². The first-order valence-electron chi connectivity index (χ1n) is 8.44. The largest absolute Gasteiger partial charge is 0.284 e. The van der Waals surface area contributed by atoms with Crippen molar-refractivity contribution in [2.45, 2.75) is 6.92 Å². The van der Waals surface area contributed by atoms with Crippen molar-refractivity contribution in [3.63, 3.8) is 0 Å². The molecule has 2 aromatic heterocycles. The predicted molar refractivity (Wildman–Crippen MR) is 106 cm³/mol. The topological polar surface area (TPSA) is 72.8 Å². The molecular weight excluding hydrogens is 340 g/mol. The van der Waals surface area contributed by atoms with E-state index in [9.17, 15) is 10.1 Å². The van der Waals surface area contributed by atoms with Crippen molar-refractivity contribution in [3.8, 4) is 11.3 Å². The molecule has 27 heavy (non-hydrogen) atoms. The van der Waals surface area contributed by atoms with E-state index in [1.807, 2.05) is 60.0 Å². The fraction of sp³-hybridized carbons (Fsp3) is 0.0476. The zero-order valence-electron chi connectivity index (χ0n) is 14.6. The first-order valence-corrected chi connectivity index (χ1v) is 8.44. The molecule has 0 atom stereocenters. The number of rotatable bonds is 4. The van der Waals surface area contributed by atoms with Crippen LogP contribution >= 0.6 is 0 Å². The minimum atomic E-state index is -0.415. The van der Waals surface area contributed by atoms with Gasteiger partial charge in [0, 0.05) is 30.1 Å². The van der Waals surface area contributed by atoms with Crippen LogP contribution in [0.2, 0.25) is 0 Å². The molecule has 0 bridgehead atoms. The summed E-state index contributed by atoms with van der Waals surface area (Å²) in [5.74, 6) is 0.717. The lowest BCUT2D eigenvalue weighted by Crippen LogP contribution is -1.89. The number of pyridine rings is 1. The molecule has 2 heterocycles. The van der Waals surface area contributed by atoms with E-state index in [-0.39, 0.29) is 5.69 Å². The summed E-state index contributed by atoms with van der Waals surface area (Å²) in [6.45, 7) is 2.02. The third-order valence-electron chi connectivity index (χ3n) is 4.24. The zero-order chi connectivity index (χ0) is 18.8. The lowest BCUT2D eigenvalue weighted by atomic mass is 10.1. The van der Waals surface area contributed by atoms with E-state index in [1.54, 1.807) is 18.3 Å². The van der Waals surface area contributed by atoms with Gasteiger partial charge < -0.3 is 0 Å². The number of nitrogens with zero attached hydrogens (tertiary/aromatic N) is 4. The van der Waals surface area contributed by atoms with Gasteiger partial charge in [-0.25, -0.2) is 9.98 Å². The standard InChI is InChI=1S/C21H16N4O2/c1-15-11-12-24-19(13-15)23-20(17-5-3-2-4-6-17)21(24)22-14-16-7-9-18(10-8-16)25(26)27/h2-14H,1H3. The van der Waals surface area contributed by atoms with Crippen LogP contribution in [0, 0.1) is 17.0 Å². The van der Waals surface area contributed by atoms with Crippen LogP contribution in [-0.4, -0.2) is 20.5 Å². The molecular formula is C21H16N4O2. The highest BCUT2D eigenvalue weighted by Gasteiger charge is 2.13. The monoisotopic (exact) mass is 356 g/mol. The van der Waals surface area contributed by atoms with Gasteiger partial charge in [-0.05, 0) is 42.3 Å². The molecule has 2 aromatic carbocycles. The number of aromatic nitrogens is 2. The maximum atomic E-state index is 10.8. The zero-order valence-corrected chi connectivity index (χ0v) is 14.6. The van der Waals surface area contributed by atoms with E-state index >= 15 is 0 Å².